The number of halogens is 1. The smallest absolute Gasteiger partial charge is 0.257 e. The lowest BCUT2D eigenvalue weighted by atomic mass is 10.0. The van der Waals surface area contributed by atoms with Crippen molar-refractivity contribution in [3.63, 3.8) is 0 Å². The van der Waals surface area contributed by atoms with Gasteiger partial charge in [0.1, 0.15) is 11.5 Å². The van der Waals surface area contributed by atoms with Gasteiger partial charge in [0.2, 0.25) is 10.0 Å². The molecule has 1 amide bonds. The van der Waals surface area contributed by atoms with E-state index in [0.717, 1.165) is 11.1 Å². The Kier molecular flexibility index (Phi) is 6.86. The number of amides is 1. The molecule has 4 rings (SSSR count). The fourth-order valence-electron chi connectivity index (χ4n) is 4.55. The number of sulfonamides is 1. The van der Waals surface area contributed by atoms with Gasteiger partial charge in [0.25, 0.3) is 5.91 Å². The van der Waals surface area contributed by atoms with E-state index in [0.29, 0.717) is 49.4 Å². The second kappa shape index (κ2) is 9.68. The molecule has 0 saturated carbocycles. The molecule has 7 nitrogen and oxygen atoms in total. The van der Waals surface area contributed by atoms with Crippen LogP contribution in [0.5, 0.6) is 0 Å². The van der Waals surface area contributed by atoms with Crippen LogP contribution in [-0.4, -0.2) is 65.2 Å². The zero-order chi connectivity index (χ0) is 24.5. The van der Waals surface area contributed by atoms with Crippen LogP contribution in [0.2, 0.25) is 0 Å². The highest BCUT2D eigenvalue weighted by molar-refractivity contribution is 7.88. The van der Waals surface area contributed by atoms with Gasteiger partial charge in [-0.3, -0.25) is 4.79 Å². The van der Waals surface area contributed by atoms with Crippen molar-refractivity contribution in [2.75, 3.05) is 25.9 Å². The topological polar surface area (TPSA) is 75.5 Å². The molecule has 1 aliphatic rings. The van der Waals surface area contributed by atoms with Crippen LogP contribution in [0, 0.1) is 12.7 Å². The highest BCUT2D eigenvalue weighted by Gasteiger charge is 2.32. The van der Waals surface area contributed by atoms with Crippen molar-refractivity contribution in [3.05, 3.63) is 71.7 Å². The number of piperidine rings is 1. The summed E-state index contributed by atoms with van der Waals surface area (Å²) in [6, 6.07) is 13.6. The molecule has 1 aliphatic heterocycles. The zero-order valence-electron chi connectivity index (χ0n) is 19.6. The summed E-state index contributed by atoms with van der Waals surface area (Å²) >= 11 is 0. The molecule has 0 aliphatic carbocycles. The minimum absolute atomic E-state index is 0.109. The van der Waals surface area contributed by atoms with E-state index in [4.69, 9.17) is 0 Å². The minimum Gasteiger partial charge on any atom is -0.338 e. The van der Waals surface area contributed by atoms with E-state index in [9.17, 15) is 17.6 Å². The fourth-order valence-corrected chi connectivity index (χ4v) is 5.77. The van der Waals surface area contributed by atoms with Crippen molar-refractivity contribution in [1.29, 1.82) is 0 Å². The number of hydrogen-bond acceptors (Lipinski definition) is 4. The van der Waals surface area contributed by atoms with Gasteiger partial charge in [-0.25, -0.2) is 17.5 Å². The Morgan fingerprint density at radius 1 is 1.15 bits per heavy atom. The van der Waals surface area contributed by atoms with E-state index in [2.05, 4.69) is 5.10 Å². The first-order valence-corrected chi connectivity index (χ1v) is 13.2. The lowest BCUT2D eigenvalue weighted by Crippen LogP contribution is -2.48. The van der Waals surface area contributed by atoms with E-state index in [1.165, 1.54) is 22.7 Å². The summed E-state index contributed by atoms with van der Waals surface area (Å²) in [5.41, 5.74) is 3.55. The number of rotatable bonds is 6. The maximum Gasteiger partial charge on any atom is 0.257 e. The second-order valence-electron chi connectivity index (χ2n) is 8.67. The molecule has 2 aromatic carbocycles. The van der Waals surface area contributed by atoms with Crippen LogP contribution in [0.15, 0.2) is 54.7 Å². The third kappa shape index (κ3) is 5.05. The van der Waals surface area contributed by atoms with E-state index in [1.807, 2.05) is 38.1 Å². The van der Waals surface area contributed by atoms with Crippen LogP contribution in [0.4, 0.5) is 4.39 Å². The van der Waals surface area contributed by atoms with E-state index >= 15 is 0 Å². The number of benzene rings is 2. The average Bonchev–Trinajstić information content (AvgIpc) is 3.25. The third-order valence-electron chi connectivity index (χ3n) is 6.22. The highest BCUT2D eigenvalue weighted by atomic mass is 32.2. The average molecular weight is 485 g/mol. The largest absolute Gasteiger partial charge is 0.338 e. The molecule has 3 aromatic rings. The summed E-state index contributed by atoms with van der Waals surface area (Å²) in [7, 11) is -3.29. The molecule has 0 atom stereocenters. The summed E-state index contributed by atoms with van der Waals surface area (Å²) in [6.45, 7) is 5.15. The molecule has 1 aromatic heterocycles. The van der Waals surface area contributed by atoms with Crippen molar-refractivity contribution in [2.24, 2.45) is 0 Å². The van der Waals surface area contributed by atoms with Crippen LogP contribution in [-0.2, 0) is 10.0 Å². The molecule has 34 heavy (non-hydrogen) atoms. The molecule has 0 unspecified atom stereocenters. The summed E-state index contributed by atoms with van der Waals surface area (Å²) in [6.07, 6.45) is 4.08. The number of likely N-dealkylation sites (tertiary alicyclic amines) is 1. The lowest BCUT2D eigenvalue weighted by molar-refractivity contribution is 0.0681. The minimum atomic E-state index is -3.29. The van der Waals surface area contributed by atoms with E-state index in [1.54, 1.807) is 27.9 Å². The van der Waals surface area contributed by atoms with Crippen molar-refractivity contribution < 1.29 is 17.6 Å². The van der Waals surface area contributed by atoms with Gasteiger partial charge >= 0.3 is 0 Å². The Balaban J connectivity index is 1.64. The number of carbonyl (C=O) groups is 1. The van der Waals surface area contributed by atoms with Gasteiger partial charge in [-0.15, -0.1) is 0 Å². The van der Waals surface area contributed by atoms with Crippen molar-refractivity contribution in [2.45, 2.75) is 32.7 Å². The summed E-state index contributed by atoms with van der Waals surface area (Å²) in [5, 5.41) is 4.69. The summed E-state index contributed by atoms with van der Waals surface area (Å²) < 4.78 is 40.7. The van der Waals surface area contributed by atoms with Crippen LogP contribution in [0.1, 0.15) is 35.7 Å². The molecular weight excluding hydrogens is 455 g/mol. The highest BCUT2D eigenvalue weighted by Crippen LogP contribution is 2.28. The Morgan fingerprint density at radius 3 is 2.41 bits per heavy atom. The first-order chi connectivity index (χ1) is 16.2. The normalized spacial score (nSPS) is 15.1. The number of hydrogen-bond donors (Lipinski definition) is 0. The third-order valence-corrected chi connectivity index (χ3v) is 7.63. The number of aromatic nitrogens is 2. The Hall–Kier alpha value is -3.04. The molecule has 180 valence electrons. The first-order valence-electron chi connectivity index (χ1n) is 11.4. The van der Waals surface area contributed by atoms with Crippen LogP contribution < -0.4 is 0 Å². The van der Waals surface area contributed by atoms with Crippen molar-refractivity contribution in [1.82, 2.24) is 19.0 Å². The van der Waals surface area contributed by atoms with Gasteiger partial charge < -0.3 is 4.90 Å². The van der Waals surface area contributed by atoms with Crippen LogP contribution in [0.25, 0.3) is 16.9 Å². The Morgan fingerprint density at radius 2 is 1.82 bits per heavy atom. The fraction of sp³-hybridized carbons (Fsp3) is 0.360. The van der Waals surface area contributed by atoms with Gasteiger partial charge in [0, 0.05) is 37.4 Å². The first kappa shape index (κ1) is 24.1. The van der Waals surface area contributed by atoms with Gasteiger partial charge in [-0.2, -0.15) is 9.40 Å². The molecule has 9 heteroatoms. The molecule has 1 fully saturated rings. The Labute approximate surface area is 199 Å². The molecule has 0 radical (unpaired) electrons. The van der Waals surface area contributed by atoms with Gasteiger partial charge in [-0.1, -0.05) is 30.7 Å². The summed E-state index contributed by atoms with van der Waals surface area (Å²) in [4.78, 5) is 15.4. The maximum atomic E-state index is 13.6. The molecular formula is C25H29FN4O3S. The van der Waals surface area contributed by atoms with Crippen molar-refractivity contribution >= 4 is 15.9 Å². The van der Waals surface area contributed by atoms with Gasteiger partial charge in [0.05, 0.1) is 17.5 Å². The number of nitrogens with zero attached hydrogens (tertiary/aromatic N) is 4. The molecule has 0 spiro atoms. The van der Waals surface area contributed by atoms with Gasteiger partial charge in [0.15, 0.2) is 0 Å². The van der Waals surface area contributed by atoms with E-state index in [-0.39, 0.29) is 17.8 Å². The lowest BCUT2D eigenvalue weighted by Gasteiger charge is -2.36. The van der Waals surface area contributed by atoms with Crippen LogP contribution in [0.3, 0.4) is 0 Å². The SMILES string of the molecule is CCN(C1CCN(C(=O)c2cn(-c3ccc(F)cc3)nc2-c2cccc(C)c2)CC1)S(C)(=O)=O. The Bertz CT molecular complexity index is 1280. The number of carbonyl (C=O) groups excluding carboxylic acids is 1. The molecule has 2 heterocycles. The number of aryl methyl sites for hydroxylation is 1. The zero-order valence-corrected chi connectivity index (χ0v) is 20.4. The van der Waals surface area contributed by atoms with Crippen molar-refractivity contribution in [3.8, 4) is 16.9 Å². The van der Waals surface area contributed by atoms with Crippen LogP contribution >= 0.6 is 0 Å². The van der Waals surface area contributed by atoms with Gasteiger partial charge in [-0.05, 0) is 50.1 Å². The maximum absolute atomic E-state index is 13.6. The summed E-state index contributed by atoms with van der Waals surface area (Å²) in [5.74, 6) is -0.491. The molecule has 1 saturated heterocycles. The van der Waals surface area contributed by atoms with E-state index < -0.39 is 10.0 Å². The quantitative estimate of drug-likeness (QED) is 0.532. The second-order valence-corrected chi connectivity index (χ2v) is 10.6. The standard InChI is InChI=1S/C25H29FN4O3S/c1-4-30(34(3,32)33)22-12-14-28(15-13-22)25(31)23-17-29(21-10-8-20(26)9-11-21)27-24(23)19-7-5-6-18(2)16-19/h5-11,16-17,22H,4,12-15H2,1-3H3. The monoisotopic (exact) mass is 484 g/mol. The predicted octanol–water partition coefficient (Wildman–Crippen LogP) is 3.87. The molecule has 0 N–H and O–H groups in total. The molecule has 0 bridgehead atoms. The predicted molar refractivity (Wildman–Crippen MR) is 130 cm³/mol.